The van der Waals surface area contributed by atoms with Crippen LogP contribution in [0.1, 0.15) is 59.3 Å². The molecule has 39 heavy (non-hydrogen) atoms. The van der Waals surface area contributed by atoms with E-state index in [-0.39, 0.29) is 25.0 Å². The van der Waals surface area contributed by atoms with Crippen molar-refractivity contribution in [3.63, 3.8) is 0 Å². The molecule has 0 saturated heterocycles. The van der Waals surface area contributed by atoms with Gasteiger partial charge in [0.25, 0.3) is 11.8 Å². The van der Waals surface area contributed by atoms with Crippen LogP contribution in [0, 0.1) is 5.92 Å². The number of alkyl halides is 3. The van der Waals surface area contributed by atoms with Gasteiger partial charge >= 0.3 is 6.18 Å². The minimum absolute atomic E-state index is 0.00780. The Morgan fingerprint density at radius 2 is 1.82 bits per heavy atom. The van der Waals surface area contributed by atoms with Gasteiger partial charge in [-0.3, -0.25) is 19.5 Å². The van der Waals surface area contributed by atoms with Gasteiger partial charge < -0.3 is 11.1 Å². The number of halogens is 3. The summed E-state index contributed by atoms with van der Waals surface area (Å²) in [4.78, 5) is 36.5. The fourth-order valence-electron chi connectivity index (χ4n) is 4.58. The van der Waals surface area contributed by atoms with Crippen LogP contribution in [0.2, 0.25) is 0 Å². The van der Waals surface area contributed by atoms with Crippen LogP contribution in [0.4, 0.5) is 13.2 Å². The maximum absolute atomic E-state index is 13.8. The Labute approximate surface area is 225 Å². The Hall–Kier alpha value is -4.21. The molecule has 10 heteroatoms. The number of nitrogens with one attached hydrogen (secondary N) is 1. The van der Waals surface area contributed by atoms with Gasteiger partial charge in [0.05, 0.1) is 17.7 Å². The standard InChI is InChI=1S/C29H30F3N5O2/c1-19(2)12-13-28(22-8-4-3-5-9-22)26(39)37(27(33)36-28)18-20-10-11-24(29(30,31)32)23(15-20)25(38)35-17-21-7-6-14-34-16-21/h3-11,14-16,19H,12-13,17-18H2,1-2H3,(H2,33,36)(H,35,38)/t28-/m1/s1. The number of amides is 2. The second-order valence-electron chi connectivity index (χ2n) is 9.94. The zero-order chi connectivity index (χ0) is 28.2. The summed E-state index contributed by atoms with van der Waals surface area (Å²) in [5.41, 5.74) is 5.06. The number of nitrogens with two attached hydrogens (primary N) is 1. The first-order chi connectivity index (χ1) is 18.5. The first kappa shape index (κ1) is 27.8. The molecule has 2 heterocycles. The molecule has 0 bridgehead atoms. The van der Waals surface area contributed by atoms with Crippen molar-refractivity contribution in [3.8, 4) is 0 Å². The van der Waals surface area contributed by atoms with Gasteiger partial charge in [-0.2, -0.15) is 13.2 Å². The van der Waals surface area contributed by atoms with Crippen molar-refractivity contribution in [2.75, 3.05) is 0 Å². The van der Waals surface area contributed by atoms with Gasteiger partial charge in [0.1, 0.15) is 0 Å². The summed E-state index contributed by atoms with van der Waals surface area (Å²) in [6, 6.07) is 15.7. The van der Waals surface area contributed by atoms with Crippen molar-refractivity contribution in [2.45, 2.75) is 51.5 Å². The molecule has 7 nitrogen and oxygen atoms in total. The molecule has 1 aliphatic heterocycles. The summed E-state index contributed by atoms with van der Waals surface area (Å²) in [5, 5.41) is 2.52. The summed E-state index contributed by atoms with van der Waals surface area (Å²) < 4.78 is 41.3. The molecular weight excluding hydrogens is 507 g/mol. The number of carbonyl (C=O) groups is 2. The second kappa shape index (κ2) is 11.3. The minimum Gasteiger partial charge on any atom is -0.369 e. The van der Waals surface area contributed by atoms with Crippen LogP contribution in [0.3, 0.4) is 0 Å². The SMILES string of the molecule is CC(C)CC[C@]1(c2ccccc2)N=C(N)N(Cc2ccc(C(F)(F)F)c(C(=O)NCc3cccnc3)c2)C1=O. The Kier molecular flexibility index (Phi) is 8.03. The molecule has 3 aromatic rings. The molecule has 0 fully saturated rings. The molecule has 0 spiro atoms. The third-order valence-corrected chi connectivity index (χ3v) is 6.67. The van der Waals surface area contributed by atoms with Gasteiger partial charge in [0.2, 0.25) is 0 Å². The normalized spacial score (nSPS) is 17.4. The van der Waals surface area contributed by atoms with Crippen LogP contribution in [-0.4, -0.2) is 27.7 Å². The lowest BCUT2D eigenvalue weighted by Gasteiger charge is -2.27. The fourth-order valence-corrected chi connectivity index (χ4v) is 4.58. The highest BCUT2D eigenvalue weighted by Crippen LogP contribution is 2.39. The second-order valence-corrected chi connectivity index (χ2v) is 9.94. The summed E-state index contributed by atoms with van der Waals surface area (Å²) in [6.45, 7) is 3.97. The maximum atomic E-state index is 13.8. The summed E-state index contributed by atoms with van der Waals surface area (Å²) in [7, 11) is 0. The number of nitrogens with zero attached hydrogens (tertiary/aromatic N) is 3. The fraction of sp³-hybridized carbons (Fsp3) is 0.310. The largest absolute Gasteiger partial charge is 0.417 e. The molecule has 0 aliphatic carbocycles. The van der Waals surface area contributed by atoms with E-state index in [1.165, 1.54) is 17.2 Å². The van der Waals surface area contributed by atoms with E-state index in [1.807, 2.05) is 44.2 Å². The average Bonchev–Trinajstić information content (AvgIpc) is 3.16. The lowest BCUT2D eigenvalue weighted by molar-refractivity contribution is -0.138. The Bertz CT molecular complexity index is 1360. The Morgan fingerprint density at radius 1 is 1.08 bits per heavy atom. The number of hydrogen-bond acceptors (Lipinski definition) is 5. The summed E-state index contributed by atoms with van der Waals surface area (Å²) in [6.07, 6.45) is -0.531. The smallest absolute Gasteiger partial charge is 0.369 e. The zero-order valence-electron chi connectivity index (χ0n) is 21.7. The van der Waals surface area contributed by atoms with Gasteiger partial charge in [0, 0.05) is 18.9 Å². The van der Waals surface area contributed by atoms with E-state index in [4.69, 9.17) is 5.73 Å². The van der Waals surface area contributed by atoms with Gasteiger partial charge in [-0.1, -0.05) is 56.3 Å². The number of benzene rings is 2. The number of aromatic nitrogens is 1. The molecule has 0 radical (unpaired) electrons. The first-order valence-electron chi connectivity index (χ1n) is 12.6. The van der Waals surface area contributed by atoms with Gasteiger partial charge in [0.15, 0.2) is 11.5 Å². The van der Waals surface area contributed by atoms with Crippen molar-refractivity contribution in [1.82, 2.24) is 15.2 Å². The van der Waals surface area contributed by atoms with E-state index in [1.54, 1.807) is 18.3 Å². The molecule has 2 amide bonds. The summed E-state index contributed by atoms with van der Waals surface area (Å²) >= 11 is 0. The highest BCUT2D eigenvalue weighted by Gasteiger charge is 2.48. The molecule has 1 aliphatic rings. The number of aliphatic imine (C=N–C) groups is 1. The molecular formula is C29H30F3N5O2. The highest BCUT2D eigenvalue weighted by atomic mass is 19.4. The third kappa shape index (κ3) is 6.10. The van der Waals surface area contributed by atoms with Crippen LogP contribution in [0.15, 0.2) is 78.0 Å². The van der Waals surface area contributed by atoms with Crippen LogP contribution in [0.25, 0.3) is 0 Å². The van der Waals surface area contributed by atoms with Gasteiger partial charge in [-0.05, 0) is 53.6 Å². The zero-order valence-corrected chi connectivity index (χ0v) is 21.7. The molecule has 3 N–H and O–H groups in total. The molecule has 0 unspecified atom stereocenters. The van der Waals surface area contributed by atoms with Crippen molar-refractivity contribution in [2.24, 2.45) is 16.6 Å². The monoisotopic (exact) mass is 537 g/mol. The summed E-state index contributed by atoms with van der Waals surface area (Å²) in [5.74, 6) is -0.950. The average molecular weight is 538 g/mol. The van der Waals surface area contributed by atoms with Crippen LogP contribution >= 0.6 is 0 Å². The van der Waals surface area contributed by atoms with E-state index >= 15 is 0 Å². The van der Waals surface area contributed by atoms with E-state index < -0.39 is 28.7 Å². The van der Waals surface area contributed by atoms with Crippen molar-refractivity contribution in [1.29, 1.82) is 0 Å². The molecule has 2 aromatic carbocycles. The van der Waals surface area contributed by atoms with Crippen LogP contribution < -0.4 is 11.1 Å². The van der Waals surface area contributed by atoms with Crippen molar-refractivity contribution >= 4 is 17.8 Å². The number of guanidine groups is 1. The number of rotatable bonds is 9. The Morgan fingerprint density at radius 3 is 2.46 bits per heavy atom. The maximum Gasteiger partial charge on any atom is 0.417 e. The minimum atomic E-state index is -4.75. The topological polar surface area (TPSA) is 101 Å². The lowest BCUT2D eigenvalue weighted by atomic mass is 9.83. The van der Waals surface area contributed by atoms with Crippen molar-refractivity contribution in [3.05, 3.63) is 101 Å². The quantitative estimate of drug-likeness (QED) is 0.400. The van der Waals surface area contributed by atoms with Crippen molar-refractivity contribution < 1.29 is 22.8 Å². The number of hydrogen-bond donors (Lipinski definition) is 2. The highest BCUT2D eigenvalue weighted by molar-refractivity contribution is 6.07. The number of carbonyl (C=O) groups excluding carboxylic acids is 2. The van der Waals surface area contributed by atoms with E-state index in [0.29, 0.717) is 35.4 Å². The van der Waals surface area contributed by atoms with E-state index in [0.717, 1.165) is 12.1 Å². The van der Waals surface area contributed by atoms with E-state index in [2.05, 4.69) is 15.3 Å². The van der Waals surface area contributed by atoms with Gasteiger partial charge in [-0.15, -0.1) is 0 Å². The van der Waals surface area contributed by atoms with Gasteiger partial charge in [-0.25, -0.2) is 4.99 Å². The first-order valence-corrected chi connectivity index (χ1v) is 12.6. The predicted octanol–water partition coefficient (Wildman–Crippen LogP) is 5.02. The molecule has 204 valence electrons. The Balaban J connectivity index is 1.62. The predicted molar refractivity (Wildman–Crippen MR) is 141 cm³/mol. The molecule has 1 aromatic heterocycles. The third-order valence-electron chi connectivity index (χ3n) is 6.67. The lowest BCUT2D eigenvalue weighted by Crippen LogP contribution is -2.42. The molecule has 0 saturated carbocycles. The van der Waals surface area contributed by atoms with Crippen LogP contribution in [-0.2, 0) is 29.6 Å². The number of pyridine rings is 1. The van der Waals surface area contributed by atoms with Crippen LogP contribution in [0.5, 0.6) is 0 Å². The molecule has 4 rings (SSSR count). The molecule has 1 atom stereocenters. The van der Waals surface area contributed by atoms with E-state index in [9.17, 15) is 22.8 Å².